The summed E-state index contributed by atoms with van der Waals surface area (Å²) >= 11 is 0. The Morgan fingerprint density at radius 3 is 2.67 bits per heavy atom. The van der Waals surface area contributed by atoms with Crippen molar-refractivity contribution in [2.45, 2.75) is 26.2 Å². The van der Waals surface area contributed by atoms with Gasteiger partial charge in [0.1, 0.15) is 0 Å². The molecule has 0 radical (unpaired) electrons. The van der Waals surface area contributed by atoms with Gasteiger partial charge in [-0.05, 0) is 41.7 Å². The summed E-state index contributed by atoms with van der Waals surface area (Å²) in [4.78, 5) is 0. The van der Waals surface area contributed by atoms with E-state index in [-0.39, 0.29) is 0 Å². The molecule has 2 aromatic carbocycles. The van der Waals surface area contributed by atoms with Crippen molar-refractivity contribution >= 4 is 0 Å². The molecule has 2 rings (SSSR count). The Kier molecular flexibility index (Phi) is 4.15. The zero-order valence-electron chi connectivity index (χ0n) is 10.7. The number of aryl methyl sites for hydroxylation is 1. The molecule has 18 heavy (non-hydrogen) atoms. The highest BCUT2D eigenvalue weighted by Crippen LogP contribution is 2.25. The predicted octanol–water partition coefficient (Wildman–Crippen LogP) is 4.57. The summed E-state index contributed by atoms with van der Waals surface area (Å²) in [6.45, 7) is 2.21. The monoisotopic (exact) mass is 235 g/mol. The predicted molar refractivity (Wildman–Crippen MR) is 75.2 cm³/mol. The van der Waals surface area contributed by atoms with E-state index in [0.29, 0.717) is 0 Å². The molecule has 90 valence electrons. The fraction of sp³-hybridized carbons (Fsp3) is 0.235. The van der Waals surface area contributed by atoms with Gasteiger partial charge in [0.05, 0.1) is 11.6 Å². The van der Waals surface area contributed by atoms with Crippen LogP contribution >= 0.6 is 0 Å². The van der Waals surface area contributed by atoms with Gasteiger partial charge in [0.15, 0.2) is 0 Å². The Bertz CT molecular complexity index is 564. The Morgan fingerprint density at radius 1 is 1.06 bits per heavy atom. The molecule has 0 heterocycles. The van der Waals surface area contributed by atoms with Crippen LogP contribution in [0.15, 0.2) is 48.5 Å². The lowest BCUT2D eigenvalue weighted by molar-refractivity contribution is 0.796. The summed E-state index contributed by atoms with van der Waals surface area (Å²) in [5, 5.41) is 8.97. The third-order valence-electron chi connectivity index (χ3n) is 3.12. The lowest BCUT2D eigenvalue weighted by Gasteiger charge is -2.09. The fourth-order valence-electron chi connectivity index (χ4n) is 2.14. The maximum atomic E-state index is 8.97. The van der Waals surface area contributed by atoms with Crippen LogP contribution in [0.4, 0.5) is 0 Å². The molecule has 1 heteroatoms. The van der Waals surface area contributed by atoms with Crippen molar-refractivity contribution in [3.05, 3.63) is 59.7 Å². The lowest BCUT2D eigenvalue weighted by Crippen LogP contribution is -1.90. The Hall–Kier alpha value is -2.07. The number of unbranched alkanes of at least 4 members (excludes halogenated alkanes) is 1. The standard InChI is InChI=1S/C17H17N/c1-2-3-8-15-9-4-5-11-17(15)16-10-6-7-14(12-16)13-18/h4-7,9-12H,2-3,8H2,1H3. The van der Waals surface area contributed by atoms with Gasteiger partial charge in [0, 0.05) is 0 Å². The molecule has 0 saturated carbocycles. The SMILES string of the molecule is CCCCc1ccccc1-c1cccc(C#N)c1. The molecule has 0 amide bonds. The van der Waals surface area contributed by atoms with Gasteiger partial charge in [0.25, 0.3) is 0 Å². The first-order valence-corrected chi connectivity index (χ1v) is 6.43. The van der Waals surface area contributed by atoms with E-state index in [9.17, 15) is 0 Å². The van der Waals surface area contributed by atoms with Gasteiger partial charge >= 0.3 is 0 Å². The van der Waals surface area contributed by atoms with E-state index >= 15 is 0 Å². The molecule has 0 saturated heterocycles. The maximum absolute atomic E-state index is 8.97. The third kappa shape index (κ3) is 2.78. The molecule has 0 aromatic heterocycles. The minimum Gasteiger partial charge on any atom is -0.192 e. The van der Waals surface area contributed by atoms with Gasteiger partial charge in [-0.2, -0.15) is 5.26 Å². The van der Waals surface area contributed by atoms with Gasteiger partial charge in [-0.25, -0.2) is 0 Å². The quantitative estimate of drug-likeness (QED) is 0.761. The zero-order valence-corrected chi connectivity index (χ0v) is 10.7. The highest BCUT2D eigenvalue weighted by Gasteiger charge is 2.04. The number of nitriles is 1. The molecular formula is C17H17N. The van der Waals surface area contributed by atoms with E-state index in [1.165, 1.54) is 24.0 Å². The van der Waals surface area contributed by atoms with Crippen molar-refractivity contribution in [3.63, 3.8) is 0 Å². The molecule has 0 aliphatic heterocycles. The van der Waals surface area contributed by atoms with Crippen molar-refractivity contribution in [3.8, 4) is 17.2 Å². The van der Waals surface area contributed by atoms with Crippen LogP contribution in [0.3, 0.4) is 0 Å². The molecule has 0 spiro atoms. The number of nitrogens with zero attached hydrogens (tertiary/aromatic N) is 1. The number of rotatable bonds is 4. The van der Waals surface area contributed by atoms with E-state index in [1.54, 1.807) is 0 Å². The van der Waals surface area contributed by atoms with Gasteiger partial charge in [-0.1, -0.05) is 49.7 Å². The summed E-state index contributed by atoms with van der Waals surface area (Å²) in [5.41, 5.74) is 4.48. The van der Waals surface area contributed by atoms with Gasteiger partial charge in [-0.15, -0.1) is 0 Å². The topological polar surface area (TPSA) is 23.8 Å². The smallest absolute Gasteiger partial charge is 0.0991 e. The van der Waals surface area contributed by atoms with Crippen molar-refractivity contribution in [1.82, 2.24) is 0 Å². The van der Waals surface area contributed by atoms with Gasteiger partial charge in [-0.3, -0.25) is 0 Å². The Labute approximate surface area is 109 Å². The first kappa shape index (κ1) is 12.4. The lowest BCUT2D eigenvalue weighted by atomic mass is 9.95. The van der Waals surface area contributed by atoms with E-state index in [0.717, 1.165) is 17.5 Å². The molecule has 1 nitrogen and oxygen atoms in total. The number of hydrogen-bond donors (Lipinski definition) is 0. The van der Waals surface area contributed by atoms with Crippen LogP contribution in [0, 0.1) is 11.3 Å². The van der Waals surface area contributed by atoms with Gasteiger partial charge < -0.3 is 0 Å². The van der Waals surface area contributed by atoms with E-state index in [2.05, 4.69) is 43.3 Å². The highest BCUT2D eigenvalue weighted by atomic mass is 14.2. The summed E-state index contributed by atoms with van der Waals surface area (Å²) < 4.78 is 0. The minimum atomic E-state index is 0.720. The largest absolute Gasteiger partial charge is 0.192 e. The number of hydrogen-bond acceptors (Lipinski definition) is 1. The van der Waals surface area contributed by atoms with Crippen LogP contribution in [-0.2, 0) is 6.42 Å². The molecule has 0 atom stereocenters. The molecular weight excluding hydrogens is 218 g/mol. The molecule has 0 N–H and O–H groups in total. The first-order chi connectivity index (χ1) is 8.85. The molecule has 0 aliphatic rings. The minimum absolute atomic E-state index is 0.720. The molecule has 0 bridgehead atoms. The third-order valence-corrected chi connectivity index (χ3v) is 3.12. The Balaban J connectivity index is 2.40. The molecule has 0 aliphatic carbocycles. The zero-order chi connectivity index (χ0) is 12.8. The normalized spacial score (nSPS) is 10.0. The van der Waals surface area contributed by atoms with Crippen LogP contribution in [0.25, 0.3) is 11.1 Å². The van der Waals surface area contributed by atoms with Crippen LogP contribution < -0.4 is 0 Å². The van der Waals surface area contributed by atoms with Crippen molar-refractivity contribution in [2.24, 2.45) is 0 Å². The molecule has 0 unspecified atom stereocenters. The second kappa shape index (κ2) is 6.02. The Morgan fingerprint density at radius 2 is 1.89 bits per heavy atom. The summed E-state index contributed by atoms with van der Waals surface area (Å²) in [5.74, 6) is 0. The van der Waals surface area contributed by atoms with Crippen LogP contribution in [0.5, 0.6) is 0 Å². The van der Waals surface area contributed by atoms with E-state index < -0.39 is 0 Å². The van der Waals surface area contributed by atoms with E-state index in [4.69, 9.17) is 5.26 Å². The second-order valence-electron chi connectivity index (χ2n) is 4.45. The molecule has 0 fully saturated rings. The van der Waals surface area contributed by atoms with Gasteiger partial charge in [0.2, 0.25) is 0 Å². The number of benzene rings is 2. The fourth-order valence-corrected chi connectivity index (χ4v) is 2.14. The van der Waals surface area contributed by atoms with Crippen molar-refractivity contribution < 1.29 is 0 Å². The summed E-state index contributed by atoms with van der Waals surface area (Å²) in [6, 6.07) is 18.5. The summed E-state index contributed by atoms with van der Waals surface area (Å²) in [7, 11) is 0. The van der Waals surface area contributed by atoms with E-state index in [1.807, 2.05) is 18.2 Å². The van der Waals surface area contributed by atoms with Crippen LogP contribution in [-0.4, -0.2) is 0 Å². The van der Waals surface area contributed by atoms with Crippen molar-refractivity contribution in [2.75, 3.05) is 0 Å². The second-order valence-corrected chi connectivity index (χ2v) is 4.45. The average molecular weight is 235 g/mol. The summed E-state index contributed by atoms with van der Waals surface area (Å²) in [6.07, 6.45) is 3.50. The molecule has 2 aromatic rings. The highest BCUT2D eigenvalue weighted by molar-refractivity contribution is 5.68. The maximum Gasteiger partial charge on any atom is 0.0991 e. The van der Waals surface area contributed by atoms with Crippen LogP contribution in [0.1, 0.15) is 30.9 Å². The van der Waals surface area contributed by atoms with Crippen LogP contribution in [0.2, 0.25) is 0 Å². The van der Waals surface area contributed by atoms with Crippen molar-refractivity contribution in [1.29, 1.82) is 5.26 Å². The first-order valence-electron chi connectivity index (χ1n) is 6.43. The average Bonchev–Trinajstić information content (AvgIpc) is 2.45.